The van der Waals surface area contributed by atoms with Crippen LogP contribution in [-0.2, 0) is 6.54 Å². The van der Waals surface area contributed by atoms with Crippen LogP contribution in [-0.4, -0.2) is 28.6 Å². The van der Waals surface area contributed by atoms with Crippen molar-refractivity contribution in [2.45, 2.75) is 18.9 Å². The number of carbonyl (C=O) groups is 1. The minimum Gasteiger partial charge on any atom is -0.348 e. The number of nitrogens with zero attached hydrogens (tertiary/aromatic N) is 2. The van der Waals surface area contributed by atoms with E-state index in [2.05, 4.69) is 21.8 Å². The second kappa shape index (κ2) is 6.45. The van der Waals surface area contributed by atoms with Crippen LogP contribution in [0.4, 0.5) is 0 Å². The van der Waals surface area contributed by atoms with Gasteiger partial charge in [-0.3, -0.25) is 4.79 Å². The highest BCUT2D eigenvalue weighted by Gasteiger charge is 2.22. The lowest BCUT2D eigenvalue weighted by atomic mass is 9.93. The van der Waals surface area contributed by atoms with Crippen molar-refractivity contribution in [3.05, 3.63) is 71.5 Å². The first-order valence-corrected chi connectivity index (χ1v) is 8.32. The summed E-state index contributed by atoms with van der Waals surface area (Å²) < 4.78 is 1.82. The molecular formula is C19H20N4O. The van der Waals surface area contributed by atoms with E-state index in [4.69, 9.17) is 0 Å². The first-order chi connectivity index (χ1) is 11.8. The summed E-state index contributed by atoms with van der Waals surface area (Å²) in [7, 11) is 0. The molecule has 0 bridgehead atoms. The fraction of sp³-hybridized carbons (Fsp3) is 0.263. The molecule has 3 heterocycles. The van der Waals surface area contributed by atoms with Gasteiger partial charge in [0, 0.05) is 30.4 Å². The standard InChI is InChI=1S/C19H20N4O/c24-19(17-6-2-1-5-16(17)14-8-9-20-11-14)21-12-15-13-22-23-10-4-3-7-18(15)23/h1-7,10,13-14,20H,8-9,11-12H2,(H,21,24)/t14-/m1/s1. The van der Waals surface area contributed by atoms with E-state index in [1.54, 1.807) is 0 Å². The average Bonchev–Trinajstić information content (AvgIpc) is 3.30. The number of carbonyl (C=O) groups excluding carboxylic acids is 1. The number of aromatic nitrogens is 2. The van der Waals surface area contributed by atoms with Crippen LogP contribution in [0.5, 0.6) is 0 Å². The minimum absolute atomic E-state index is 0.0206. The number of pyridine rings is 1. The summed E-state index contributed by atoms with van der Waals surface area (Å²) in [5, 5.41) is 10.7. The number of fused-ring (bicyclic) bond motifs is 1. The maximum absolute atomic E-state index is 12.7. The molecule has 122 valence electrons. The van der Waals surface area contributed by atoms with E-state index in [0.717, 1.165) is 41.7 Å². The zero-order chi connectivity index (χ0) is 16.4. The summed E-state index contributed by atoms with van der Waals surface area (Å²) in [5.41, 5.74) is 3.96. The Morgan fingerprint density at radius 2 is 2.12 bits per heavy atom. The van der Waals surface area contributed by atoms with Crippen molar-refractivity contribution in [3.63, 3.8) is 0 Å². The predicted molar refractivity (Wildman–Crippen MR) is 93.0 cm³/mol. The summed E-state index contributed by atoms with van der Waals surface area (Å²) in [4.78, 5) is 12.7. The van der Waals surface area contributed by atoms with Gasteiger partial charge in [-0.15, -0.1) is 0 Å². The van der Waals surface area contributed by atoms with Gasteiger partial charge in [-0.2, -0.15) is 5.10 Å². The summed E-state index contributed by atoms with van der Waals surface area (Å²) in [6.45, 7) is 2.44. The highest BCUT2D eigenvalue weighted by molar-refractivity contribution is 5.96. The number of rotatable bonds is 4. The largest absolute Gasteiger partial charge is 0.348 e. The first kappa shape index (κ1) is 14.9. The molecule has 0 radical (unpaired) electrons. The minimum atomic E-state index is -0.0206. The Kier molecular flexibility index (Phi) is 4.01. The SMILES string of the molecule is O=C(NCc1cnn2ccccc12)c1ccccc1[C@@H]1CCNC1. The van der Waals surface area contributed by atoms with Crippen LogP contribution < -0.4 is 10.6 Å². The monoisotopic (exact) mass is 320 g/mol. The van der Waals surface area contributed by atoms with Gasteiger partial charge in [-0.1, -0.05) is 24.3 Å². The second-order valence-electron chi connectivity index (χ2n) is 6.16. The number of hydrogen-bond acceptors (Lipinski definition) is 3. The number of benzene rings is 1. The maximum Gasteiger partial charge on any atom is 0.251 e. The molecule has 4 rings (SSSR count). The number of hydrogen-bond donors (Lipinski definition) is 2. The highest BCUT2D eigenvalue weighted by atomic mass is 16.1. The van der Waals surface area contributed by atoms with Crippen molar-refractivity contribution in [1.82, 2.24) is 20.2 Å². The van der Waals surface area contributed by atoms with Crippen molar-refractivity contribution in [3.8, 4) is 0 Å². The molecule has 1 aromatic carbocycles. The molecule has 2 aromatic heterocycles. The van der Waals surface area contributed by atoms with Crippen LogP contribution in [0.1, 0.15) is 33.8 Å². The van der Waals surface area contributed by atoms with Crippen molar-refractivity contribution < 1.29 is 4.79 Å². The Balaban J connectivity index is 1.52. The second-order valence-corrected chi connectivity index (χ2v) is 6.16. The Hall–Kier alpha value is -2.66. The third-order valence-corrected chi connectivity index (χ3v) is 4.65. The zero-order valence-corrected chi connectivity index (χ0v) is 13.4. The first-order valence-electron chi connectivity index (χ1n) is 8.32. The van der Waals surface area contributed by atoms with Crippen molar-refractivity contribution in [2.24, 2.45) is 0 Å². The molecule has 1 saturated heterocycles. The normalized spacial score (nSPS) is 17.2. The van der Waals surface area contributed by atoms with Gasteiger partial charge in [0.2, 0.25) is 0 Å². The number of amides is 1. The van der Waals surface area contributed by atoms with Gasteiger partial charge in [0.05, 0.1) is 11.7 Å². The molecule has 0 spiro atoms. The smallest absolute Gasteiger partial charge is 0.251 e. The molecule has 1 atom stereocenters. The lowest BCUT2D eigenvalue weighted by Crippen LogP contribution is -2.24. The van der Waals surface area contributed by atoms with Crippen LogP contribution in [0, 0.1) is 0 Å². The van der Waals surface area contributed by atoms with Crippen LogP contribution in [0.2, 0.25) is 0 Å². The third kappa shape index (κ3) is 2.78. The van der Waals surface area contributed by atoms with E-state index in [9.17, 15) is 4.79 Å². The fourth-order valence-electron chi connectivity index (χ4n) is 3.37. The zero-order valence-electron chi connectivity index (χ0n) is 13.4. The van der Waals surface area contributed by atoms with Gasteiger partial charge in [0.25, 0.3) is 5.91 Å². The molecule has 0 unspecified atom stereocenters. The summed E-state index contributed by atoms with van der Waals surface area (Å²) in [5.74, 6) is 0.400. The molecule has 3 aromatic rings. The lowest BCUT2D eigenvalue weighted by molar-refractivity contribution is 0.0949. The van der Waals surface area contributed by atoms with E-state index in [1.807, 2.05) is 53.3 Å². The van der Waals surface area contributed by atoms with E-state index < -0.39 is 0 Å². The Bertz CT molecular complexity index is 864. The quantitative estimate of drug-likeness (QED) is 0.776. The third-order valence-electron chi connectivity index (χ3n) is 4.65. The van der Waals surface area contributed by atoms with Crippen molar-refractivity contribution in [2.75, 3.05) is 13.1 Å². The van der Waals surface area contributed by atoms with Crippen LogP contribution in [0.15, 0.2) is 54.9 Å². The van der Waals surface area contributed by atoms with Gasteiger partial charge in [0.15, 0.2) is 0 Å². The molecule has 2 N–H and O–H groups in total. The van der Waals surface area contributed by atoms with E-state index in [0.29, 0.717) is 12.5 Å². The molecule has 1 amide bonds. The Labute approximate surface area is 140 Å². The fourth-order valence-corrected chi connectivity index (χ4v) is 3.37. The number of nitrogens with one attached hydrogen (secondary N) is 2. The molecule has 1 aliphatic heterocycles. The van der Waals surface area contributed by atoms with E-state index in [1.165, 1.54) is 0 Å². The summed E-state index contributed by atoms with van der Waals surface area (Å²) >= 11 is 0. The molecule has 0 aliphatic carbocycles. The highest BCUT2D eigenvalue weighted by Crippen LogP contribution is 2.25. The van der Waals surface area contributed by atoms with E-state index in [-0.39, 0.29) is 5.91 Å². The van der Waals surface area contributed by atoms with Crippen molar-refractivity contribution >= 4 is 11.4 Å². The molecular weight excluding hydrogens is 300 g/mol. The van der Waals surface area contributed by atoms with Gasteiger partial charge in [0.1, 0.15) is 0 Å². The predicted octanol–water partition coefficient (Wildman–Crippen LogP) is 2.34. The molecule has 1 fully saturated rings. The Morgan fingerprint density at radius 3 is 3.00 bits per heavy atom. The van der Waals surface area contributed by atoms with Crippen LogP contribution in [0.3, 0.4) is 0 Å². The van der Waals surface area contributed by atoms with Crippen molar-refractivity contribution in [1.29, 1.82) is 0 Å². The van der Waals surface area contributed by atoms with E-state index >= 15 is 0 Å². The summed E-state index contributed by atoms with van der Waals surface area (Å²) in [6.07, 6.45) is 4.80. The maximum atomic E-state index is 12.7. The molecule has 1 aliphatic rings. The van der Waals surface area contributed by atoms with Crippen LogP contribution in [0.25, 0.3) is 5.52 Å². The molecule has 5 heteroatoms. The average molecular weight is 320 g/mol. The summed E-state index contributed by atoms with van der Waals surface area (Å²) in [6, 6.07) is 13.8. The van der Waals surface area contributed by atoms with Gasteiger partial charge in [-0.25, -0.2) is 4.52 Å². The molecule has 24 heavy (non-hydrogen) atoms. The van der Waals surface area contributed by atoms with Gasteiger partial charge < -0.3 is 10.6 Å². The van der Waals surface area contributed by atoms with Gasteiger partial charge in [-0.05, 0) is 42.6 Å². The topological polar surface area (TPSA) is 58.4 Å². The molecule has 5 nitrogen and oxygen atoms in total. The lowest BCUT2D eigenvalue weighted by Gasteiger charge is -2.14. The van der Waals surface area contributed by atoms with Gasteiger partial charge >= 0.3 is 0 Å². The molecule has 0 saturated carbocycles. The van der Waals surface area contributed by atoms with Crippen LogP contribution >= 0.6 is 0 Å². The Morgan fingerprint density at radius 1 is 1.25 bits per heavy atom.